The normalized spacial score (nSPS) is 14.9. The van der Waals surface area contributed by atoms with E-state index in [1.165, 1.54) is 116 Å². The number of unbranched alkanes of at least 4 members (excludes halogenated alkanes) is 8. The molecule has 0 bridgehead atoms. The van der Waals surface area contributed by atoms with Crippen molar-refractivity contribution in [2.75, 3.05) is 0 Å². The molecule has 2 nitrogen and oxygen atoms in total. The molecule has 0 aromatic rings. The fraction of sp³-hybridized carbons (Fsp3) is 0.938. The van der Waals surface area contributed by atoms with Gasteiger partial charge in [-0.25, -0.2) is 0 Å². The van der Waals surface area contributed by atoms with Gasteiger partial charge in [0.25, 0.3) is 0 Å². The number of hydrogen-bond donors (Lipinski definition) is 2. The van der Waals surface area contributed by atoms with Crippen molar-refractivity contribution in [2.24, 2.45) is 23.7 Å². The summed E-state index contributed by atoms with van der Waals surface area (Å²) in [4.78, 5) is 0. The van der Waals surface area contributed by atoms with Crippen molar-refractivity contribution >= 4 is 34.5 Å². The molecular weight excluding hydrogens is 480 g/mol. The summed E-state index contributed by atoms with van der Waals surface area (Å²) >= 11 is 10.3. The zero-order valence-electron chi connectivity index (χ0n) is 24.6. The van der Waals surface area contributed by atoms with E-state index in [9.17, 15) is 10.2 Å². The van der Waals surface area contributed by atoms with E-state index < -0.39 is 0 Å². The lowest BCUT2D eigenvalue weighted by molar-refractivity contribution is 0.262. The lowest BCUT2D eigenvalue weighted by Crippen LogP contribution is -2.17. The first kappa shape index (κ1) is 35.8. The second kappa shape index (κ2) is 25.1. The van der Waals surface area contributed by atoms with Gasteiger partial charge in [-0.3, -0.25) is 0 Å². The maximum absolute atomic E-state index is 10.0. The van der Waals surface area contributed by atoms with Crippen molar-refractivity contribution in [3.63, 3.8) is 0 Å². The molecule has 2 N–H and O–H groups in total. The predicted octanol–water partition coefficient (Wildman–Crippen LogP) is 11.9. The first-order chi connectivity index (χ1) is 17.4. The Morgan fingerprint density at radius 1 is 0.444 bits per heavy atom. The third kappa shape index (κ3) is 21.8. The largest absolute Gasteiger partial charge is 0.502 e. The summed E-state index contributed by atoms with van der Waals surface area (Å²) in [6, 6.07) is 0. The molecule has 0 aromatic heterocycles. The second-order valence-electron chi connectivity index (χ2n) is 11.7. The van der Waals surface area contributed by atoms with Gasteiger partial charge in [0.15, 0.2) is 10.1 Å². The van der Waals surface area contributed by atoms with Crippen LogP contribution >= 0.6 is 24.4 Å². The van der Waals surface area contributed by atoms with Crippen molar-refractivity contribution in [3.05, 3.63) is 0 Å². The van der Waals surface area contributed by atoms with Gasteiger partial charge in [-0.05, 0) is 73.8 Å². The van der Waals surface area contributed by atoms with E-state index in [1.54, 1.807) is 0 Å². The molecule has 36 heavy (non-hydrogen) atoms. The highest BCUT2D eigenvalue weighted by molar-refractivity contribution is 7.80. The fourth-order valence-corrected chi connectivity index (χ4v) is 6.45. The van der Waals surface area contributed by atoms with Gasteiger partial charge in [-0.15, -0.1) is 0 Å². The third-order valence-electron chi connectivity index (χ3n) is 8.11. The van der Waals surface area contributed by atoms with Crippen LogP contribution < -0.4 is 0 Å². The Bertz CT molecular complexity index is 476. The van der Waals surface area contributed by atoms with E-state index >= 15 is 0 Å². The van der Waals surface area contributed by atoms with Crippen LogP contribution in [0.1, 0.15) is 169 Å². The summed E-state index contributed by atoms with van der Waals surface area (Å²) in [5.41, 5.74) is 0. The van der Waals surface area contributed by atoms with Crippen LogP contribution in [0.2, 0.25) is 0 Å². The summed E-state index contributed by atoms with van der Waals surface area (Å²) in [5.74, 6) is 2.39. The van der Waals surface area contributed by atoms with E-state index in [1.807, 2.05) is 0 Å². The average molecular weight is 543 g/mol. The van der Waals surface area contributed by atoms with Crippen LogP contribution in [0.3, 0.4) is 0 Å². The Balaban J connectivity index is 5.16. The molecule has 0 aromatic carbocycles. The highest BCUT2D eigenvalue weighted by Crippen LogP contribution is 2.33. The lowest BCUT2D eigenvalue weighted by atomic mass is 9.79. The summed E-state index contributed by atoms with van der Waals surface area (Å²) in [6.45, 7) is 9.13. The molecule has 0 amide bonds. The molecule has 4 heteroatoms. The van der Waals surface area contributed by atoms with E-state index in [0.717, 1.165) is 24.7 Å². The molecule has 0 heterocycles. The Morgan fingerprint density at radius 3 is 1.08 bits per heavy atom. The van der Waals surface area contributed by atoms with Gasteiger partial charge in [0.2, 0.25) is 0 Å². The standard InChI is InChI=1S/C32H62O2S2/c1-5-9-13-15-19-27(17-11-7-3)23-29(25-31(33)35)21-22-30(26-32(34)36)24-28(18-12-8-4)20-16-14-10-6-2/h27-30H,5-26H2,1-4H3,(H,33,35)(H,34,36). The van der Waals surface area contributed by atoms with Crippen LogP contribution in [0.25, 0.3) is 0 Å². The Labute approximate surface area is 236 Å². The molecule has 0 radical (unpaired) electrons. The van der Waals surface area contributed by atoms with Gasteiger partial charge >= 0.3 is 0 Å². The van der Waals surface area contributed by atoms with Crippen LogP contribution in [0.15, 0.2) is 0 Å². The minimum absolute atomic E-state index is 0.172. The summed E-state index contributed by atoms with van der Waals surface area (Å²) in [6.07, 6.45) is 26.8. The highest BCUT2D eigenvalue weighted by atomic mass is 32.1. The monoisotopic (exact) mass is 542 g/mol. The molecular formula is C32H62O2S2. The maximum atomic E-state index is 10.0. The van der Waals surface area contributed by atoms with Gasteiger partial charge in [0, 0.05) is 12.8 Å². The Hall–Kier alpha value is -0.220. The zero-order valence-corrected chi connectivity index (χ0v) is 26.2. The van der Waals surface area contributed by atoms with Crippen molar-refractivity contribution in [2.45, 2.75) is 169 Å². The number of aliphatic hydroxyl groups is 2. The summed E-state index contributed by atoms with van der Waals surface area (Å²) in [5, 5.41) is 20.4. The summed E-state index contributed by atoms with van der Waals surface area (Å²) in [7, 11) is 0. The molecule has 214 valence electrons. The van der Waals surface area contributed by atoms with Crippen molar-refractivity contribution in [1.82, 2.24) is 0 Å². The van der Waals surface area contributed by atoms with E-state index in [2.05, 4.69) is 27.7 Å². The van der Waals surface area contributed by atoms with E-state index in [0.29, 0.717) is 24.7 Å². The van der Waals surface area contributed by atoms with Crippen LogP contribution in [0.4, 0.5) is 0 Å². The predicted molar refractivity (Wildman–Crippen MR) is 169 cm³/mol. The fourth-order valence-electron chi connectivity index (χ4n) is 5.98. The first-order valence-electron chi connectivity index (χ1n) is 15.8. The number of aliphatic hydroxyl groups excluding tert-OH is 2. The van der Waals surface area contributed by atoms with Gasteiger partial charge in [0.05, 0.1) is 0 Å². The molecule has 4 atom stereocenters. The lowest BCUT2D eigenvalue weighted by Gasteiger charge is -2.27. The maximum Gasteiger partial charge on any atom is 0.156 e. The third-order valence-corrected chi connectivity index (χ3v) is 8.44. The molecule has 0 fully saturated rings. The van der Waals surface area contributed by atoms with E-state index in [4.69, 9.17) is 24.4 Å². The molecule has 0 saturated carbocycles. The van der Waals surface area contributed by atoms with Gasteiger partial charge in [-0.1, -0.05) is 130 Å². The van der Waals surface area contributed by atoms with Crippen LogP contribution in [0, 0.1) is 23.7 Å². The van der Waals surface area contributed by atoms with Gasteiger partial charge < -0.3 is 10.2 Å². The molecule has 0 aliphatic heterocycles. The first-order valence-corrected chi connectivity index (χ1v) is 16.6. The van der Waals surface area contributed by atoms with Crippen LogP contribution in [-0.2, 0) is 0 Å². The Morgan fingerprint density at radius 2 is 0.778 bits per heavy atom. The van der Waals surface area contributed by atoms with Crippen LogP contribution in [0.5, 0.6) is 0 Å². The van der Waals surface area contributed by atoms with Crippen molar-refractivity contribution in [1.29, 1.82) is 0 Å². The van der Waals surface area contributed by atoms with Crippen LogP contribution in [-0.4, -0.2) is 20.3 Å². The minimum Gasteiger partial charge on any atom is -0.502 e. The quantitative estimate of drug-likeness (QED) is 0.0799. The van der Waals surface area contributed by atoms with Crippen molar-refractivity contribution < 1.29 is 10.2 Å². The van der Waals surface area contributed by atoms with Gasteiger partial charge in [-0.2, -0.15) is 0 Å². The minimum atomic E-state index is 0.172. The molecule has 0 spiro atoms. The molecule has 4 unspecified atom stereocenters. The topological polar surface area (TPSA) is 40.5 Å². The summed E-state index contributed by atoms with van der Waals surface area (Å²) < 4.78 is 0. The highest BCUT2D eigenvalue weighted by Gasteiger charge is 2.22. The number of rotatable bonds is 27. The van der Waals surface area contributed by atoms with E-state index in [-0.39, 0.29) is 10.1 Å². The molecule has 0 rings (SSSR count). The molecule has 0 aliphatic carbocycles. The molecule has 0 aliphatic rings. The SMILES string of the molecule is CCCCCCC(CCCC)CC(CCC(CC(O)=S)CC(CCCC)CCCCCC)CC(O)=S. The molecule has 0 saturated heterocycles. The van der Waals surface area contributed by atoms with Crippen molar-refractivity contribution in [3.8, 4) is 0 Å². The zero-order chi connectivity index (χ0) is 27.0. The van der Waals surface area contributed by atoms with Gasteiger partial charge in [0.1, 0.15) is 0 Å². The Kier molecular flexibility index (Phi) is 24.9. The number of hydrogen-bond acceptors (Lipinski definition) is 2. The average Bonchev–Trinajstić information content (AvgIpc) is 2.83. The smallest absolute Gasteiger partial charge is 0.156 e. The second-order valence-corrected chi connectivity index (χ2v) is 12.6. The number of thiocarbonyl (C=S) groups is 2.